The van der Waals surface area contributed by atoms with Gasteiger partial charge in [-0.3, -0.25) is 4.90 Å². The van der Waals surface area contributed by atoms with E-state index in [9.17, 15) is 8.78 Å². The molecule has 0 spiro atoms. The third-order valence-electron chi connectivity index (χ3n) is 4.22. The van der Waals surface area contributed by atoms with Crippen LogP contribution in [0.2, 0.25) is 0 Å². The van der Waals surface area contributed by atoms with Crippen molar-refractivity contribution in [2.45, 2.75) is 25.9 Å². The molecule has 1 fully saturated rings. The van der Waals surface area contributed by atoms with Gasteiger partial charge >= 0.3 is 6.61 Å². The van der Waals surface area contributed by atoms with Gasteiger partial charge in [0.15, 0.2) is 0 Å². The van der Waals surface area contributed by atoms with E-state index < -0.39 is 6.61 Å². The van der Waals surface area contributed by atoms with Gasteiger partial charge in [0.2, 0.25) is 0 Å². The molecule has 2 aromatic rings. The summed E-state index contributed by atoms with van der Waals surface area (Å²) in [5.74, 6) is 0.146. The van der Waals surface area contributed by atoms with Crippen LogP contribution in [-0.2, 0) is 17.9 Å². The van der Waals surface area contributed by atoms with Crippen LogP contribution in [0.15, 0.2) is 48.5 Å². The molecule has 25 heavy (non-hydrogen) atoms. The summed E-state index contributed by atoms with van der Waals surface area (Å²) < 4.78 is 35.0. The van der Waals surface area contributed by atoms with Crippen molar-refractivity contribution in [3.05, 3.63) is 65.2 Å². The predicted molar refractivity (Wildman–Crippen MR) is 89.4 cm³/mol. The lowest BCUT2D eigenvalue weighted by Crippen LogP contribution is -2.37. The van der Waals surface area contributed by atoms with Crippen LogP contribution in [0.3, 0.4) is 0 Å². The molecule has 0 aromatic heterocycles. The Morgan fingerprint density at radius 1 is 1.16 bits per heavy atom. The SMILES string of the molecule is OCc1ccc(CN2CCO[C@@H](c3cccc(OC(F)F)c3)C2)cc1. The number of alkyl halides is 2. The van der Waals surface area contributed by atoms with E-state index >= 15 is 0 Å². The van der Waals surface area contributed by atoms with Crippen LogP contribution in [-0.4, -0.2) is 36.3 Å². The minimum atomic E-state index is -2.83. The van der Waals surface area contributed by atoms with Gasteiger partial charge in [-0.1, -0.05) is 36.4 Å². The first-order valence-corrected chi connectivity index (χ1v) is 8.21. The fraction of sp³-hybridized carbons (Fsp3) is 0.368. The highest BCUT2D eigenvalue weighted by molar-refractivity contribution is 5.30. The summed E-state index contributed by atoms with van der Waals surface area (Å²) in [6.07, 6.45) is -0.174. The highest BCUT2D eigenvalue weighted by Gasteiger charge is 2.22. The first kappa shape index (κ1) is 17.8. The van der Waals surface area contributed by atoms with E-state index in [1.165, 1.54) is 6.07 Å². The molecule has 6 heteroatoms. The van der Waals surface area contributed by atoms with Crippen LogP contribution in [0.4, 0.5) is 8.78 Å². The van der Waals surface area contributed by atoms with Gasteiger partial charge < -0.3 is 14.6 Å². The zero-order valence-electron chi connectivity index (χ0n) is 13.8. The fourth-order valence-electron chi connectivity index (χ4n) is 2.95. The summed E-state index contributed by atoms with van der Waals surface area (Å²) >= 11 is 0. The van der Waals surface area contributed by atoms with E-state index in [2.05, 4.69) is 9.64 Å². The van der Waals surface area contributed by atoms with Crippen LogP contribution >= 0.6 is 0 Å². The number of hydrogen-bond acceptors (Lipinski definition) is 4. The van der Waals surface area contributed by atoms with Crippen molar-refractivity contribution >= 4 is 0 Å². The lowest BCUT2D eigenvalue weighted by molar-refractivity contribution is -0.0509. The quantitative estimate of drug-likeness (QED) is 0.868. The van der Waals surface area contributed by atoms with Gasteiger partial charge in [0.1, 0.15) is 5.75 Å². The van der Waals surface area contributed by atoms with Gasteiger partial charge in [-0.05, 0) is 28.8 Å². The third kappa shape index (κ3) is 4.98. The summed E-state index contributed by atoms with van der Waals surface area (Å²) in [6.45, 7) is 0.0568. The third-order valence-corrected chi connectivity index (χ3v) is 4.22. The van der Waals surface area contributed by atoms with E-state index in [-0.39, 0.29) is 18.5 Å². The molecule has 0 unspecified atom stereocenters. The normalized spacial score (nSPS) is 18.5. The highest BCUT2D eigenvalue weighted by atomic mass is 19.3. The molecule has 0 amide bonds. The summed E-state index contributed by atoms with van der Waals surface area (Å²) in [5.41, 5.74) is 2.88. The summed E-state index contributed by atoms with van der Waals surface area (Å²) in [6, 6.07) is 14.5. The number of nitrogens with zero attached hydrogens (tertiary/aromatic N) is 1. The van der Waals surface area contributed by atoms with E-state index in [0.29, 0.717) is 13.2 Å². The number of halogens is 2. The minimum absolute atomic E-state index is 0.0386. The number of morpholine rings is 1. The van der Waals surface area contributed by atoms with Gasteiger partial charge in [-0.2, -0.15) is 8.78 Å². The maximum absolute atomic E-state index is 12.4. The smallest absolute Gasteiger partial charge is 0.387 e. The first-order chi connectivity index (χ1) is 12.1. The molecule has 0 radical (unpaired) electrons. The lowest BCUT2D eigenvalue weighted by atomic mass is 10.1. The van der Waals surface area contributed by atoms with Gasteiger partial charge in [0, 0.05) is 19.6 Å². The molecule has 0 saturated carbocycles. The molecule has 134 valence electrons. The van der Waals surface area contributed by atoms with Crippen LogP contribution in [0.1, 0.15) is 22.8 Å². The second-order valence-electron chi connectivity index (χ2n) is 6.02. The molecule has 1 aliphatic heterocycles. The topological polar surface area (TPSA) is 41.9 Å². The van der Waals surface area contributed by atoms with Crippen molar-refractivity contribution in [2.75, 3.05) is 19.7 Å². The Morgan fingerprint density at radius 2 is 1.92 bits per heavy atom. The molecule has 0 aliphatic carbocycles. The van der Waals surface area contributed by atoms with Gasteiger partial charge in [-0.25, -0.2) is 0 Å². The Kier molecular flexibility index (Phi) is 5.96. The van der Waals surface area contributed by atoms with E-state index in [1.807, 2.05) is 30.3 Å². The monoisotopic (exact) mass is 349 g/mol. The number of aliphatic hydroxyl groups excluding tert-OH is 1. The van der Waals surface area contributed by atoms with Crippen molar-refractivity contribution in [1.82, 2.24) is 4.90 Å². The van der Waals surface area contributed by atoms with Crippen LogP contribution in [0.25, 0.3) is 0 Å². The zero-order chi connectivity index (χ0) is 17.6. The zero-order valence-corrected chi connectivity index (χ0v) is 13.8. The molecule has 0 bridgehead atoms. The number of benzene rings is 2. The maximum atomic E-state index is 12.4. The maximum Gasteiger partial charge on any atom is 0.387 e. The van der Waals surface area contributed by atoms with Crippen molar-refractivity contribution in [3.8, 4) is 5.75 Å². The molecule has 2 aromatic carbocycles. The molecule has 3 rings (SSSR count). The van der Waals surface area contributed by atoms with Crippen molar-refractivity contribution in [3.63, 3.8) is 0 Å². The molecule has 1 saturated heterocycles. The fourth-order valence-corrected chi connectivity index (χ4v) is 2.95. The van der Waals surface area contributed by atoms with E-state index in [4.69, 9.17) is 9.84 Å². The summed E-state index contributed by atoms with van der Waals surface area (Å²) in [7, 11) is 0. The molecular formula is C19H21F2NO3. The average molecular weight is 349 g/mol. The van der Waals surface area contributed by atoms with E-state index in [0.717, 1.165) is 29.8 Å². The van der Waals surface area contributed by atoms with Crippen LogP contribution in [0, 0.1) is 0 Å². The molecular weight excluding hydrogens is 328 g/mol. The summed E-state index contributed by atoms with van der Waals surface area (Å²) in [4.78, 5) is 2.27. The summed E-state index contributed by atoms with van der Waals surface area (Å²) in [5, 5.41) is 9.10. The number of ether oxygens (including phenoxy) is 2. The predicted octanol–water partition coefficient (Wildman–Crippen LogP) is 3.35. The van der Waals surface area contributed by atoms with E-state index in [1.54, 1.807) is 12.1 Å². The molecule has 4 nitrogen and oxygen atoms in total. The first-order valence-electron chi connectivity index (χ1n) is 8.21. The van der Waals surface area contributed by atoms with Crippen molar-refractivity contribution < 1.29 is 23.4 Å². The lowest BCUT2D eigenvalue weighted by Gasteiger charge is -2.33. The van der Waals surface area contributed by atoms with Gasteiger partial charge in [-0.15, -0.1) is 0 Å². The standard InChI is InChI=1S/C19H21F2NO3/c20-19(21)25-17-3-1-2-16(10-17)18-12-22(8-9-24-18)11-14-4-6-15(13-23)7-5-14/h1-7,10,18-19,23H,8-9,11-13H2/t18-/m1/s1. The Morgan fingerprint density at radius 3 is 2.64 bits per heavy atom. The van der Waals surface area contributed by atoms with Crippen LogP contribution < -0.4 is 4.74 Å². The Hall–Kier alpha value is -2.02. The molecule has 1 aliphatic rings. The van der Waals surface area contributed by atoms with Gasteiger partial charge in [0.05, 0.1) is 19.3 Å². The second kappa shape index (κ2) is 8.38. The largest absolute Gasteiger partial charge is 0.435 e. The van der Waals surface area contributed by atoms with Crippen molar-refractivity contribution in [2.24, 2.45) is 0 Å². The minimum Gasteiger partial charge on any atom is -0.435 e. The molecule has 1 heterocycles. The van der Waals surface area contributed by atoms with Gasteiger partial charge in [0.25, 0.3) is 0 Å². The Labute approximate surface area is 145 Å². The number of aliphatic hydroxyl groups is 1. The average Bonchev–Trinajstić information content (AvgIpc) is 2.62. The second-order valence-corrected chi connectivity index (χ2v) is 6.02. The number of hydrogen-bond donors (Lipinski definition) is 1. The molecule has 1 N–H and O–H groups in total. The Bertz CT molecular complexity index is 679. The highest BCUT2D eigenvalue weighted by Crippen LogP contribution is 2.27. The van der Waals surface area contributed by atoms with Crippen molar-refractivity contribution in [1.29, 1.82) is 0 Å². The Balaban J connectivity index is 1.64. The van der Waals surface area contributed by atoms with Crippen LogP contribution in [0.5, 0.6) is 5.75 Å². The number of rotatable bonds is 6. The molecule has 1 atom stereocenters.